The lowest BCUT2D eigenvalue weighted by Gasteiger charge is -2.09. The summed E-state index contributed by atoms with van der Waals surface area (Å²) in [5.74, 6) is 0.555. The van der Waals surface area contributed by atoms with Crippen molar-refractivity contribution in [3.8, 4) is 17.2 Å². The number of nitrogens with one attached hydrogen (secondary N) is 1. The molecule has 0 heterocycles. The summed E-state index contributed by atoms with van der Waals surface area (Å²) in [6.45, 7) is 0.0989. The normalized spacial score (nSPS) is 10.5. The second-order valence-electron chi connectivity index (χ2n) is 5.00. The minimum atomic E-state index is -1.05. The van der Waals surface area contributed by atoms with E-state index in [4.69, 9.17) is 19.3 Å². The molecule has 0 amide bonds. The first kappa shape index (κ1) is 18.1. The van der Waals surface area contributed by atoms with Gasteiger partial charge in [0.15, 0.2) is 18.1 Å². The molecule has 7 nitrogen and oxygen atoms in total. The molecule has 0 unspecified atom stereocenters. The number of para-hydroxylation sites is 1. The average Bonchev–Trinajstić information content (AvgIpc) is 2.64. The predicted octanol–water partition coefficient (Wildman–Crippen LogP) is 2.29. The number of ether oxygens (including phenoxy) is 3. The fraction of sp³-hybridized carbons (Fsp3) is 0.222. The number of methoxy groups -OCH3 is 2. The van der Waals surface area contributed by atoms with Crippen LogP contribution in [-0.4, -0.2) is 38.1 Å². The zero-order chi connectivity index (χ0) is 18.1. The van der Waals surface area contributed by atoms with Crippen LogP contribution in [0.1, 0.15) is 11.1 Å². The number of carboxylic acid groups (broad SMARTS) is 1. The number of benzene rings is 2. The molecular formula is C18H20N2O5. The number of hydrogen-bond donors (Lipinski definition) is 2. The van der Waals surface area contributed by atoms with Crippen molar-refractivity contribution in [2.24, 2.45) is 5.10 Å². The number of hydrogen-bond acceptors (Lipinski definition) is 6. The van der Waals surface area contributed by atoms with E-state index < -0.39 is 12.6 Å². The SMILES string of the molecule is COc1ccccc1CN/N=C\c1ccc(OCC(=O)O)c(OC)c1. The molecule has 0 saturated carbocycles. The molecule has 0 fully saturated rings. The Morgan fingerprint density at radius 2 is 1.88 bits per heavy atom. The van der Waals surface area contributed by atoms with Gasteiger partial charge in [-0.1, -0.05) is 18.2 Å². The Morgan fingerprint density at radius 3 is 2.60 bits per heavy atom. The molecule has 0 saturated heterocycles. The van der Waals surface area contributed by atoms with Crippen LogP contribution in [0.5, 0.6) is 17.2 Å². The van der Waals surface area contributed by atoms with E-state index in [2.05, 4.69) is 10.5 Å². The first-order valence-corrected chi connectivity index (χ1v) is 7.54. The lowest BCUT2D eigenvalue weighted by atomic mass is 10.2. The molecule has 132 valence electrons. The van der Waals surface area contributed by atoms with E-state index in [0.717, 1.165) is 16.9 Å². The fourth-order valence-electron chi connectivity index (χ4n) is 2.12. The minimum Gasteiger partial charge on any atom is -0.496 e. The van der Waals surface area contributed by atoms with E-state index in [1.54, 1.807) is 31.5 Å². The number of aliphatic carboxylic acids is 1. The van der Waals surface area contributed by atoms with Crippen LogP contribution in [0.15, 0.2) is 47.6 Å². The predicted molar refractivity (Wildman–Crippen MR) is 93.6 cm³/mol. The summed E-state index contributed by atoms with van der Waals surface area (Å²) in [6, 6.07) is 12.8. The van der Waals surface area contributed by atoms with Crippen molar-refractivity contribution >= 4 is 12.2 Å². The minimum absolute atomic E-state index is 0.365. The van der Waals surface area contributed by atoms with Crippen molar-refractivity contribution in [1.82, 2.24) is 5.43 Å². The molecule has 0 radical (unpaired) electrons. The smallest absolute Gasteiger partial charge is 0.341 e. The van der Waals surface area contributed by atoms with Gasteiger partial charge in [-0.25, -0.2) is 4.79 Å². The molecule has 2 aromatic rings. The van der Waals surface area contributed by atoms with Gasteiger partial charge < -0.3 is 24.7 Å². The molecule has 0 aliphatic carbocycles. The van der Waals surface area contributed by atoms with Crippen molar-refractivity contribution in [1.29, 1.82) is 0 Å². The summed E-state index contributed by atoms with van der Waals surface area (Å²) in [5, 5.41) is 12.8. The Hall–Kier alpha value is -3.22. The first-order chi connectivity index (χ1) is 12.1. The second-order valence-corrected chi connectivity index (χ2v) is 5.00. The Kier molecular flexibility index (Phi) is 6.65. The lowest BCUT2D eigenvalue weighted by molar-refractivity contribution is -0.139. The van der Waals surface area contributed by atoms with Gasteiger partial charge in [-0.2, -0.15) is 5.10 Å². The Morgan fingerprint density at radius 1 is 1.12 bits per heavy atom. The number of nitrogens with zero attached hydrogens (tertiary/aromatic N) is 1. The molecule has 0 atom stereocenters. The van der Waals surface area contributed by atoms with Crippen LogP contribution in [0.25, 0.3) is 0 Å². The van der Waals surface area contributed by atoms with Crippen molar-refractivity contribution < 1.29 is 24.1 Å². The summed E-state index contributed by atoms with van der Waals surface area (Å²) in [5.41, 5.74) is 4.74. The number of rotatable bonds is 9. The topological polar surface area (TPSA) is 89.4 Å². The third kappa shape index (κ3) is 5.42. The van der Waals surface area contributed by atoms with Crippen LogP contribution < -0.4 is 19.6 Å². The van der Waals surface area contributed by atoms with Crippen LogP contribution in [0.4, 0.5) is 0 Å². The number of carbonyl (C=O) groups is 1. The third-order valence-corrected chi connectivity index (χ3v) is 3.31. The highest BCUT2D eigenvalue weighted by Gasteiger charge is 2.07. The van der Waals surface area contributed by atoms with Gasteiger partial charge in [-0.15, -0.1) is 0 Å². The maximum absolute atomic E-state index is 10.6. The Balaban J connectivity index is 1.97. The van der Waals surface area contributed by atoms with Crippen LogP contribution in [-0.2, 0) is 11.3 Å². The van der Waals surface area contributed by atoms with Gasteiger partial charge in [0, 0.05) is 5.56 Å². The lowest BCUT2D eigenvalue weighted by Crippen LogP contribution is -2.10. The summed E-state index contributed by atoms with van der Waals surface area (Å²) in [7, 11) is 3.12. The van der Waals surface area contributed by atoms with Crippen molar-refractivity contribution in [2.45, 2.75) is 6.54 Å². The number of carboxylic acids is 1. The van der Waals surface area contributed by atoms with Crippen molar-refractivity contribution in [2.75, 3.05) is 20.8 Å². The quantitative estimate of drug-likeness (QED) is 0.536. The molecule has 0 bridgehead atoms. The second kappa shape index (κ2) is 9.17. The summed E-state index contributed by atoms with van der Waals surface area (Å²) < 4.78 is 15.6. The summed E-state index contributed by atoms with van der Waals surface area (Å²) >= 11 is 0. The molecule has 0 aliphatic rings. The Labute approximate surface area is 145 Å². The maximum atomic E-state index is 10.6. The van der Waals surface area contributed by atoms with Crippen LogP contribution in [0, 0.1) is 0 Å². The van der Waals surface area contributed by atoms with Gasteiger partial charge in [-0.3, -0.25) is 0 Å². The van der Waals surface area contributed by atoms with Crippen molar-refractivity contribution in [3.63, 3.8) is 0 Å². The number of hydrazone groups is 1. The molecule has 25 heavy (non-hydrogen) atoms. The first-order valence-electron chi connectivity index (χ1n) is 7.54. The van der Waals surface area contributed by atoms with E-state index in [0.29, 0.717) is 18.0 Å². The van der Waals surface area contributed by atoms with E-state index in [1.807, 2.05) is 24.3 Å². The molecule has 0 aliphatic heterocycles. The molecule has 7 heteroatoms. The van der Waals surface area contributed by atoms with E-state index in [1.165, 1.54) is 7.11 Å². The highest BCUT2D eigenvalue weighted by Crippen LogP contribution is 2.27. The fourth-order valence-corrected chi connectivity index (χ4v) is 2.12. The van der Waals surface area contributed by atoms with Gasteiger partial charge in [0.25, 0.3) is 0 Å². The van der Waals surface area contributed by atoms with E-state index in [9.17, 15) is 4.79 Å². The molecule has 2 rings (SSSR count). The van der Waals surface area contributed by atoms with Gasteiger partial charge >= 0.3 is 5.97 Å². The van der Waals surface area contributed by atoms with E-state index in [-0.39, 0.29) is 0 Å². The van der Waals surface area contributed by atoms with Crippen LogP contribution >= 0.6 is 0 Å². The van der Waals surface area contributed by atoms with Crippen molar-refractivity contribution in [3.05, 3.63) is 53.6 Å². The Bertz CT molecular complexity index is 746. The van der Waals surface area contributed by atoms with Gasteiger partial charge in [0.1, 0.15) is 5.75 Å². The summed E-state index contributed by atoms with van der Waals surface area (Å²) in [6.07, 6.45) is 1.64. The van der Waals surface area contributed by atoms with E-state index >= 15 is 0 Å². The highest BCUT2D eigenvalue weighted by molar-refractivity contribution is 5.80. The van der Waals surface area contributed by atoms with Gasteiger partial charge in [0.2, 0.25) is 0 Å². The molecule has 2 N–H and O–H groups in total. The van der Waals surface area contributed by atoms with Crippen LogP contribution in [0.3, 0.4) is 0 Å². The van der Waals surface area contributed by atoms with Gasteiger partial charge in [0.05, 0.1) is 27.0 Å². The third-order valence-electron chi connectivity index (χ3n) is 3.31. The highest BCUT2D eigenvalue weighted by atomic mass is 16.5. The molecule has 0 spiro atoms. The molecule has 0 aromatic heterocycles. The largest absolute Gasteiger partial charge is 0.496 e. The average molecular weight is 344 g/mol. The summed E-state index contributed by atoms with van der Waals surface area (Å²) in [4.78, 5) is 10.6. The molecular weight excluding hydrogens is 324 g/mol. The zero-order valence-electron chi connectivity index (χ0n) is 14.1. The maximum Gasteiger partial charge on any atom is 0.341 e. The van der Waals surface area contributed by atoms with Gasteiger partial charge in [-0.05, 0) is 29.8 Å². The molecule has 2 aromatic carbocycles. The standard InChI is InChI=1S/C18H20N2O5/c1-23-15-6-4-3-5-14(15)11-20-19-10-13-7-8-16(17(9-13)24-2)25-12-18(21)22/h3-10,20H,11-12H2,1-2H3,(H,21,22)/b19-10-. The zero-order valence-corrected chi connectivity index (χ0v) is 14.1. The van der Waals surface area contributed by atoms with Crippen LogP contribution in [0.2, 0.25) is 0 Å². The monoisotopic (exact) mass is 344 g/mol.